The molecule has 1 aliphatic carbocycles. The Balaban J connectivity index is 1.66. The first-order chi connectivity index (χ1) is 19.4. The first kappa shape index (κ1) is 29.0. The van der Waals surface area contributed by atoms with Crippen molar-refractivity contribution in [2.24, 2.45) is 11.1 Å². The third-order valence-corrected chi connectivity index (χ3v) is 8.76. The van der Waals surface area contributed by atoms with Gasteiger partial charge in [0.05, 0.1) is 17.6 Å². The van der Waals surface area contributed by atoms with Crippen LogP contribution in [0.25, 0.3) is 0 Å². The molecular weight excluding hydrogens is 598 g/mol. The summed E-state index contributed by atoms with van der Waals surface area (Å²) in [6.07, 6.45) is 1.07. The van der Waals surface area contributed by atoms with Crippen LogP contribution in [0.3, 0.4) is 0 Å². The van der Waals surface area contributed by atoms with E-state index in [1.807, 2.05) is 68.1 Å². The molecule has 0 aromatic heterocycles. The molecule has 1 atom stereocenters. The lowest BCUT2D eigenvalue weighted by atomic mass is 9.68. The summed E-state index contributed by atoms with van der Waals surface area (Å²) < 4.78 is 7.16. The first-order valence-corrected chi connectivity index (χ1v) is 14.8. The molecular formula is C34H33BrClN3O2. The fourth-order valence-electron chi connectivity index (χ4n) is 6.05. The lowest BCUT2D eigenvalue weighted by molar-refractivity contribution is -0.118. The van der Waals surface area contributed by atoms with Crippen LogP contribution in [-0.4, -0.2) is 5.78 Å². The van der Waals surface area contributed by atoms with Gasteiger partial charge in [-0.3, -0.25) is 9.69 Å². The van der Waals surface area contributed by atoms with E-state index in [4.69, 9.17) is 22.1 Å². The van der Waals surface area contributed by atoms with Gasteiger partial charge in [0.2, 0.25) is 0 Å². The van der Waals surface area contributed by atoms with Gasteiger partial charge in [0.15, 0.2) is 5.78 Å². The molecule has 5 nitrogen and oxygen atoms in total. The SMILES string of the molecule is Cc1cc(COc2ccc(Cl)cc2C)c(C)c(C2C(C#N)=C(N)N(c3ccc(Br)cc3)C3=C2C(=O)CC(C)(C)C3)c1. The van der Waals surface area contributed by atoms with Crippen molar-refractivity contribution in [3.8, 4) is 11.8 Å². The molecule has 210 valence electrons. The van der Waals surface area contributed by atoms with Crippen molar-refractivity contribution in [2.45, 2.75) is 60.0 Å². The number of ether oxygens (including phenoxy) is 1. The van der Waals surface area contributed by atoms with Gasteiger partial charge in [-0.25, -0.2) is 0 Å². The van der Waals surface area contributed by atoms with Crippen LogP contribution < -0.4 is 15.4 Å². The molecule has 0 bridgehead atoms. The zero-order valence-electron chi connectivity index (χ0n) is 23.9. The van der Waals surface area contributed by atoms with E-state index in [9.17, 15) is 10.1 Å². The fourth-order valence-corrected chi connectivity index (χ4v) is 6.54. The quantitative estimate of drug-likeness (QED) is 0.306. The molecule has 0 saturated heterocycles. The number of ketones is 1. The molecule has 3 aromatic carbocycles. The number of aryl methyl sites for hydroxylation is 2. The Hall–Kier alpha value is -3.53. The predicted molar refractivity (Wildman–Crippen MR) is 168 cm³/mol. The standard InChI is InChI=1S/C34H33BrClN3O2/c1-19-12-22(18-41-30-11-8-24(36)14-20(30)2)21(3)26(13-19)31-27(17-37)33(38)39(25-9-6-23(35)7-10-25)28-15-34(4,5)16-29(40)32(28)31/h6-14,31H,15-16,18,38H2,1-5H3. The van der Waals surface area contributed by atoms with Crippen molar-refractivity contribution in [1.82, 2.24) is 0 Å². The van der Waals surface area contributed by atoms with Crippen molar-refractivity contribution >= 4 is 39.0 Å². The Kier molecular flexibility index (Phi) is 7.80. The molecule has 2 N–H and O–H groups in total. The molecule has 1 unspecified atom stereocenters. The zero-order chi connectivity index (χ0) is 29.6. The molecule has 0 radical (unpaired) electrons. The van der Waals surface area contributed by atoms with E-state index in [2.05, 4.69) is 48.0 Å². The molecule has 1 heterocycles. The lowest BCUT2D eigenvalue weighted by Gasteiger charge is -2.44. The van der Waals surface area contributed by atoms with Crippen molar-refractivity contribution in [2.75, 3.05) is 4.90 Å². The highest BCUT2D eigenvalue weighted by Crippen LogP contribution is 2.51. The predicted octanol–water partition coefficient (Wildman–Crippen LogP) is 8.55. The van der Waals surface area contributed by atoms with Crippen LogP contribution >= 0.6 is 27.5 Å². The zero-order valence-corrected chi connectivity index (χ0v) is 26.3. The van der Waals surface area contributed by atoms with E-state index >= 15 is 0 Å². The Labute approximate surface area is 255 Å². The summed E-state index contributed by atoms with van der Waals surface area (Å²) in [6.45, 7) is 10.6. The topological polar surface area (TPSA) is 79.3 Å². The van der Waals surface area contributed by atoms with E-state index in [0.29, 0.717) is 41.4 Å². The molecule has 1 aliphatic heterocycles. The van der Waals surface area contributed by atoms with Gasteiger partial charge < -0.3 is 10.5 Å². The molecule has 0 amide bonds. The molecule has 7 heteroatoms. The van der Waals surface area contributed by atoms with Gasteiger partial charge >= 0.3 is 0 Å². The summed E-state index contributed by atoms with van der Waals surface area (Å²) in [7, 11) is 0. The van der Waals surface area contributed by atoms with Crippen LogP contribution in [-0.2, 0) is 11.4 Å². The van der Waals surface area contributed by atoms with Crippen LogP contribution in [0.15, 0.2) is 81.7 Å². The Morgan fingerprint density at radius 3 is 2.46 bits per heavy atom. The second kappa shape index (κ2) is 11.0. The van der Waals surface area contributed by atoms with Crippen molar-refractivity contribution in [1.29, 1.82) is 5.26 Å². The second-order valence-electron chi connectivity index (χ2n) is 11.8. The lowest BCUT2D eigenvalue weighted by Crippen LogP contribution is -2.42. The van der Waals surface area contributed by atoms with Gasteiger partial charge in [-0.15, -0.1) is 0 Å². The summed E-state index contributed by atoms with van der Waals surface area (Å²) in [6, 6.07) is 19.9. The Bertz CT molecular complexity index is 1660. The smallest absolute Gasteiger partial charge is 0.162 e. The van der Waals surface area contributed by atoms with E-state index in [1.54, 1.807) is 0 Å². The Morgan fingerprint density at radius 2 is 1.80 bits per heavy atom. The number of halogens is 2. The normalized spacial score (nSPS) is 18.3. The van der Waals surface area contributed by atoms with Gasteiger partial charge in [-0.2, -0.15) is 5.26 Å². The van der Waals surface area contributed by atoms with Crippen LogP contribution in [0, 0.1) is 37.5 Å². The molecule has 3 aromatic rings. The number of Topliss-reactive ketones (excluding diaryl/α,β-unsaturated/α-hetero) is 1. The van der Waals surface area contributed by atoms with E-state index in [-0.39, 0.29) is 11.2 Å². The number of nitriles is 1. The van der Waals surface area contributed by atoms with Crippen LogP contribution in [0.5, 0.6) is 5.75 Å². The van der Waals surface area contributed by atoms with Crippen LogP contribution in [0.4, 0.5) is 5.69 Å². The summed E-state index contributed by atoms with van der Waals surface area (Å²) in [5.74, 6) is 0.621. The average molecular weight is 631 g/mol. The van der Waals surface area contributed by atoms with Gasteiger partial charge in [-0.05, 0) is 97.3 Å². The van der Waals surface area contributed by atoms with Crippen molar-refractivity contribution in [3.63, 3.8) is 0 Å². The largest absolute Gasteiger partial charge is 0.489 e. The molecule has 2 aliphatic rings. The highest BCUT2D eigenvalue weighted by molar-refractivity contribution is 9.10. The number of hydrogen-bond acceptors (Lipinski definition) is 5. The number of benzene rings is 3. The molecule has 0 saturated carbocycles. The maximum Gasteiger partial charge on any atom is 0.162 e. The van der Waals surface area contributed by atoms with E-state index in [1.165, 1.54) is 0 Å². The highest BCUT2D eigenvalue weighted by Gasteiger charge is 2.45. The average Bonchev–Trinajstić information content (AvgIpc) is 2.89. The maximum absolute atomic E-state index is 14.0. The highest BCUT2D eigenvalue weighted by atomic mass is 79.9. The summed E-state index contributed by atoms with van der Waals surface area (Å²) in [4.78, 5) is 15.9. The second-order valence-corrected chi connectivity index (χ2v) is 13.1. The maximum atomic E-state index is 14.0. The number of carbonyl (C=O) groups excluding carboxylic acids is 1. The van der Waals surface area contributed by atoms with E-state index < -0.39 is 5.92 Å². The van der Waals surface area contributed by atoms with Crippen LogP contribution in [0.1, 0.15) is 60.4 Å². The third-order valence-electron chi connectivity index (χ3n) is 8.00. The van der Waals surface area contributed by atoms with Crippen LogP contribution in [0.2, 0.25) is 5.02 Å². The number of nitrogens with two attached hydrogens (primary N) is 1. The third kappa shape index (κ3) is 5.54. The number of nitrogens with zero attached hydrogens (tertiary/aromatic N) is 2. The minimum atomic E-state index is -0.554. The minimum absolute atomic E-state index is 0.0547. The number of anilines is 1. The van der Waals surface area contributed by atoms with Gasteiger partial charge in [0, 0.05) is 32.9 Å². The molecule has 5 rings (SSSR count). The summed E-state index contributed by atoms with van der Waals surface area (Å²) >= 11 is 9.64. The molecule has 41 heavy (non-hydrogen) atoms. The number of hydrogen-bond donors (Lipinski definition) is 1. The van der Waals surface area contributed by atoms with Crippen molar-refractivity contribution < 1.29 is 9.53 Å². The van der Waals surface area contributed by atoms with Gasteiger partial charge in [0.25, 0.3) is 0 Å². The number of rotatable bonds is 5. The van der Waals surface area contributed by atoms with E-state index in [0.717, 1.165) is 49.4 Å². The van der Waals surface area contributed by atoms with Gasteiger partial charge in [0.1, 0.15) is 18.2 Å². The molecule has 0 fully saturated rings. The number of allylic oxidation sites excluding steroid dienone is 3. The first-order valence-electron chi connectivity index (χ1n) is 13.6. The van der Waals surface area contributed by atoms with Crippen molar-refractivity contribution in [3.05, 3.63) is 115 Å². The number of carbonyl (C=O) groups is 1. The van der Waals surface area contributed by atoms with Gasteiger partial charge in [-0.1, -0.05) is 59.1 Å². The summed E-state index contributed by atoms with van der Waals surface area (Å²) in [5, 5.41) is 11.2. The fraction of sp³-hybridized carbons (Fsp3) is 0.294. The minimum Gasteiger partial charge on any atom is -0.489 e. The summed E-state index contributed by atoms with van der Waals surface area (Å²) in [5.41, 5.74) is 14.2. The monoisotopic (exact) mass is 629 g/mol. The molecule has 0 spiro atoms. The Morgan fingerprint density at radius 1 is 1.10 bits per heavy atom.